The number of aliphatic hydroxyl groups excluding tert-OH is 1. The number of carbonyl (C=O) groups excluding carboxylic acids is 1. The highest BCUT2D eigenvalue weighted by Gasteiger charge is 2.14. The molecule has 18 heavy (non-hydrogen) atoms. The van der Waals surface area contributed by atoms with E-state index in [-0.39, 0.29) is 34.1 Å². The Morgan fingerprint density at radius 3 is 2.56 bits per heavy atom. The number of hydrogen-bond acceptors (Lipinski definition) is 3. The molecule has 0 aliphatic carbocycles. The van der Waals surface area contributed by atoms with E-state index in [4.69, 9.17) is 28.9 Å². The topological polar surface area (TPSA) is 75.3 Å². The Hall–Kier alpha value is -0.970. The Morgan fingerprint density at radius 2 is 2.06 bits per heavy atom. The number of halogens is 2. The van der Waals surface area contributed by atoms with Gasteiger partial charge in [-0.3, -0.25) is 4.79 Å². The van der Waals surface area contributed by atoms with Crippen molar-refractivity contribution in [3.05, 3.63) is 27.7 Å². The Kier molecular flexibility index (Phi) is 5.26. The van der Waals surface area contributed by atoms with Gasteiger partial charge in [0.15, 0.2) is 0 Å². The lowest BCUT2D eigenvalue weighted by Crippen LogP contribution is -2.34. The molecule has 0 aliphatic rings. The molecule has 1 aromatic carbocycles. The fourth-order valence-electron chi connectivity index (χ4n) is 1.28. The maximum absolute atomic E-state index is 11.8. The highest BCUT2D eigenvalue weighted by Crippen LogP contribution is 2.29. The van der Waals surface area contributed by atoms with Gasteiger partial charge >= 0.3 is 0 Å². The predicted octanol–water partition coefficient (Wildman–Crippen LogP) is 2.32. The summed E-state index contributed by atoms with van der Waals surface area (Å²) in [5.74, 6) is -0.274. The zero-order valence-corrected chi connectivity index (χ0v) is 11.7. The standard InChI is InChI=1S/C12H16Cl2N2O2/c1-6(2)10(17)5-16-12(18)7-3-8(13)11(14)9(15)4-7/h3-4,6,10,17H,5,15H2,1-2H3,(H,16,18). The lowest BCUT2D eigenvalue weighted by molar-refractivity contribution is 0.0871. The molecular weight excluding hydrogens is 275 g/mol. The number of rotatable bonds is 4. The van der Waals surface area contributed by atoms with Gasteiger partial charge in [0.2, 0.25) is 0 Å². The zero-order valence-electron chi connectivity index (χ0n) is 10.2. The summed E-state index contributed by atoms with van der Waals surface area (Å²) in [5.41, 5.74) is 6.18. The molecule has 0 heterocycles. The van der Waals surface area contributed by atoms with Gasteiger partial charge < -0.3 is 16.2 Å². The largest absolute Gasteiger partial charge is 0.397 e. The van der Waals surface area contributed by atoms with Crippen molar-refractivity contribution in [2.24, 2.45) is 5.92 Å². The van der Waals surface area contributed by atoms with Gasteiger partial charge in [-0.15, -0.1) is 0 Å². The van der Waals surface area contributed by atoms with Crippen LogP contribution in [0.1, 0.15) is 24.2 Å². The maximum atomic E-state index is 11.8. The van der Waals surface area contributed by atoms with Gasteiger partial charge in [0.05, 0.1) is 21.8 Å². The average Bonchev–Trinajstić information content (AvgIpc) is 2.31. The minimum absolute atomic E-state index is 0.0733. The molecular formula is C12H16Cl2N2O2. The molecule has 0 saturated carbocycles. The van der Waals surface area contributed by atoms with Gasteiger partial charge in [-0.1, -0.05) is 37.0 Å². The van der Waals surface area contributed by atoms with E-state index < -0.39 is 6.10 Å². The lowest BCUT2D eigenvalue weighted by Gasteiger charge is -2.15. The van der Waals surface area contributed by atoms with Crippen LogP contribution in [0.3, 0.4) is 0 Å². The molecule has 0 spiro atoms. The number of hydrogen-bond donors (Lipinski definition) is 3. The molecule has 0 aromatic heterocycles. The number of nitrogen functional groups attached to an aromatic ring is 1. The maximum Gasteiger partial charge on any atom is 0.251 e. The number of nitrogens with one attached hydrogen (secondary N) is 1. The van der Waals surface area contributed by atoms with Crippen molar-refractivity contribution < 1.29 is 9.90 Å². The van der Waals surface area contributed by atoms with Crippen LogP contribution in [0.15, 0.2) is 12.1 Å². The first-order valence-corrected chi connectivity index (χ1v) is 6.29. The third-order valence-electron chi connectivity index (χ3n) is 2.56. The van der Waals surface area contributed by atoms with Gasteiger partial charge in [0.1, 0.15) is 0 Å². The summed E-state index contributed by atoms with van der Waals surface area (Å²) < 4.78 is 0. The molecule has 6 heteroatoms. The van der Waals surface area contributed by atoms with Gasteiger partial charge in [-0.05, 0) is 18.1 Å². The smallest absolute Gasteiger partial charge is 0.251 e. The third kappa shape index (κ3) is 3.77. The number of nitrogens with two attached hydrogens (primary N) is 1. The molecule has 4 N–H and O–H groups in total. The van der Waals surface area contributed by atoms with E-state index in [0.29, 0.717) is 5.56 Å². The summed E-state index contributed by atoms with van der Waals surface area (Å²) in [6.45, 7) is 3.92. The normalized spacial score (nSPS) is 12.6. The molecule has 4 nitrogen and oxygen atoms in total. The van der Waals surface area contributed by atoms with Crippen molar-refractivity contribution in [1.29, 1.82) is 0 Å². The summed E-state index contributed by atoms with van der Waals surface area (Å²) in [5, 5.41) is 12.7. The first kappa shape index (κ1) is 15.1. The number of aliphatic hydroxyl groups is 1. The third-order valence-corrected chi connectivity index (χ3v) is 3.38. The van der Waals surface area contributed by atoms with Crippen LogP contribution < -0.4 is 11.1 Å². The number of carbonyl (C=O) groups is 1. The molecule has 0 bridgehead atoms. The van der Waals surface area contributed by atoms with Crippen molar-refractivity contribution in [2.75, 3.05) is 12.3 Å². The molecule has 1 aromatic rings. The molecule has 1 unspecified atom stereocenters. The molecule has 0 aliphatic heterocycles. The first-order valence-electron chi connectivity index (χ1n) is 5.53. The van der Waals surface area contributed by atoms with E-state index in [9.17, 15) is 9.90 Å². The van der Waals surface area contributed by atoms with Crippen LogP contribution in [-0.4, -0.2) is 23.7 Å². The second kappa shape index (κ2) is 6.27. The van der Waals surface area contributed by atoms with E-state index in [2.05, 4.69) is 5.32 Å². The molecule has 0 radical (unpaired) electrons. The van der Waals surface area contributed by atoms with Gasteiger partial charge in [-0.2, -0.15) is 0 Å². The zero-order chi connectivity index (χ0) is 13.9. The monoisotopic (exact) mass is 290 g/mol. The Morgan fingerprint density at radius 1 is 1.44 bits per heavy atom. The van der Waals surface area contributed by atoms with Gasteiger partial charge in [-0.25, -0.2) is 0 Å². The van der Waals surface area contributed by atoms with Crippen LogP contribution in [0.25, 0.3) is 0 Å². The highest BCUT2D eigenvalue weighted by atomic mass is 35.5. The van der Waals surface area contributed by atoms with Crippen molar-refractivity contribution in [3.63, 3.8) is 0 Å². The molecule has 1 atom stereocenters. The minimum atomic E-state index is -0.589. The average molecular weight is 291 g/mol. The Bertz CT molecular complexity index is 427. The summed E-state index contributed by atoms with van der Waals surface area (Å²) in [7, 11) is 0. The van der Waals surface area contributed by atoms with Crippen LogP contribution in [0.2, 0.25) is 10.0 Å². The fourth-order valence-corrected chi connectivity index (χ4v) is 1.61. The molecule has 0 fully saturated rings. The second-order valence-corrected chi connectivity index (χ2v) is 5.17. The highest BCUT2D eigenvalue weighted by molar-refractivity contribution is 6.43. The number of amides is 1. The van der Waals surface area contributed by atoms with Crippen molar-refractivity contribution in [1.82, 2.24) is 5.32 Å². The second-order valence-electron chi connectivity index (χ2n) is 4.38. The molecule has 100 valence electrons. The predicted molar refractivity (Wildman–Crippen MR) is 74.1 cm³/mol. The van der Waals surface area contributed by atoms with Crippen LogP contribution >= 0.6 is 23.2 Å². The minimum Gasteiger partial charge on any atom is -0.397 e. The van der Waals surface area contributed by atoms with Gasteiger partial charge in [0.25, 0.3) is 5.91 Å². The van der Waals surface area contributed by atoms with E-state index >= 15 is 0 Å². The summed E-state index contributed by atoms with van der Waals surface area (Å²) in [6, 6.07) is 2.89. The molecule has 1 amide bonds. The van der Waals surface area contributed by atoms with E-state index in [1.165, 1.54) is 12.1 Å². The number of anilines is 1. The van der Waals surface area contributed by atoms with Crippen molar-refractivity contribution in [3.8, 4) is 0 Å². The fraction of sp³-hybridized carbons (Fsp3) is 0.417. The molecule has 0 saturated heterocycles. The lowest BCUT2D eigenvalue weighted by atomic mass is 10.1. The summed E-state index contributed by atoms with van der Waals surface area (Å²) in [4.78, 5) is 11.8. The van der Waals surface area contributed by atoms with Crippen molar-refractivity contribution >= 4 is 34.8 Å². The summed E-state index contributed by atoms with van der Waals surface area (Å²) in [6.07, 6.45) is -0.589. The summed E-state index contributed by atoms with van der Waals surface area (Å²) >= 11 is 11.6. The number of benzene rings is 1. The van der Waals surface area contributed by atoms with Gasteiger partial charge in [0, 0.05) is 12.1 Å². The van der Waals surface area contributed by atoms with Crippen molar-refractivity contribution in [2.45, 2.75) is 20.0 Å². The SMILES string of the molecule is CC(C)C(O)CNC(=O)c1cc(N)c(Cl)c(Cl)c1. The molecule has 1 rings (SSSR count). The Labute approximate surface area is 116 Å². The van der Waals surface area contributed by atoms with E-state index in [1.54, 1.807) is 0 Å². The quantitative estimate of drug-likeness (QED) is 0.745. The van der Waals surface area contributed by atoms with Crippen LogP contribution in [-0.2, 0) is 0 Å². The van der Waals surface area contributed by atoms with Crippen LogP contribution in [0, 0.1) is 5.92 Å². The van der Waals surface area contributed by atoms with Crippen LogP contribution in [0.4, 0.5) is 5.69 Å². The van der Waals surface area contributed by atoms with E-state index in [1.807, 2.05) is 13.8 Å². The van der Waals surface area contributed by atoms with E-state index in [0.717, 1.165) is 0 Å². The Balaban J connectivity index is 2.73. The first-order chi connectivity index (χ1) is 8.32. The van der Waals surface area contributed by atoms with Crippen LogP contribution in [0.5, 0.6) is 0 Å².